The van der Waals surface area contributed by atoms with E-state index in [0.29, 0.717) is 20.2 Å². The second-order valence-corrected chi connectivity index (χ2v) is 22.8. The summed E-state index contributed by atoms with van der Waals surface area (Å²) < 4.78 is 3.74. The Hall–Kier alpha value is -1.27. The van der Waals surface area contributed by atoms with Crippen LogP contribution in [0.5, 0.6) is 0 Å². The van der Waals surface area contributed by atoms with Crippen LogP contribution in [0.3, 0.4) is 0 Å². The van der Waals surface area contributed by atoms with Gasteiger partial charge in [0.1, 0.15) is 10.5 Å². The van der Waals surface area contributed by atoms with Gasteiger partial charge in [0, 0.05) is 6.54 Å². The van der Waals surface area contributed by atoms with Crippen molar-refractivity contribution in [1.29, 1.82) is 0 Å². The average Bonchev–Trinajstić information content (AvgIpc) is 3.49. The van der Waals surface area contributed by atoms with Crippen molar-refractivity contribution in [3.8, 4) is 0 Å². The van der Waals surface area contributed by atoms with Gasteiger partial charge in [0.15, 0.2) is 0 Å². The van der Waals surface area contributed by atoms with Crippen LogP contribution >= 0.6 is 45.8 Å². The molecule has 1 unspecified atom stereocenters. The summed E-state index contributed by atoms with van der Waals surface area (Å²) in [6, 6.07) is 10.7. The first-order valence-corrected chi connectivity index (χ1v) is 22.7. The number of hydrogen-bond donors (Lipinski definition) is 0. The molecule has 0 amide bonds. The van der Waals surface area contributed by atoms with Gasteiger partial charge in [-0.15, -0.1) is 17.9 Å². The molecule has 0 bridgehead atoms. The van der Waals surface area contributed by atoms with Gasteiger partial charge in [-0.1, -0.05) is 26.3 Å². The fraction of sp³-hybridized carbons (Fsp3) is 0.464. The molecule has 36 heavy (non-hydrogen) atoms. The molecule has 0 saturated carbocycles. The molecule has 1 atom stereocenters. The zero-order valence-electron chi connectivity index (χ0n) is 22.0. The number of allylic oxidation sites excluding steroid dienone is 1. The molecule has 0 spiro atoms. The van der Waals surface area contributed by atoms with Gasteiger partial charge in [0.25, 0.3) is 5.56 Å². The molecule has 1 aromatic carbocycles. The number of rotatable bonds is 7. The Morgan fingerprint density at radius 3 is 2.47 bits per heavy atom. The van der Waals surface area contributed by atoms with Crippen molar-refractivity contribution >= 4 is 61.8 Å². The number of unbranched alkanes of at least 4 members (excludes halogenated alkanes) is 1. The quantitative estimate of drug-likeness (QED) is 0.143. The van der Waals surface area contributed by atoms with Crippen LogP contribution in [0.15, 0.2) is 58.0 Å². The van der Waals surface area contributed by atoms with Gasteiger partial charge in [-0.3, -0.25) is 18.7 Å². The Kier molecular flexibility index (Phi) is 12.6. The number of fused-ring (bicyclic) bond motifs is 2. The van der Waals surface area contributed by atoms with E-state index in [4.69, 9.17) is 0 Å². The van der Waals surface area contributed by atoms with Crippen LogP contribution in [0.1, 0.15) is 64.5 Å². The van der Waals surface area contributed by atoms with E-state index >= 15 is 0 Å². The summed E-state index contributed by atoms with van der Waals surface area (Å²) in [5.41, 5.74) is 3.17. The first kappa shape index (κ1) is 31.0. The number of Topliss-reactive ketones (excluding diaryl/α,β-unsaturated/α-hetero) is 1. The van der Waals surface area contributed by atoms with Gasteiger partial charge >= 0.3 is 104 Å². The molecule has 2 heterocycles. The molecule has 8 heteroatoms. The molecule has 0 N–H and O–H groups in total. The minimum absolute atomic E-state index is 0.0124. The number of benzene rings is 1. The standard InChI is InChI=1S/C13H16N2O3S.C11H14I2.C4H8/c1-3-4-6-14-12(17)11-10(5-7-19-11)15(13(14)18)8-9(2)16;1-11(13(2)12)8-7-9-5-3-4-6-10(9)11;1-3-4-2/h5,7H,3-4,6,8H2,1-2H3;3-6H,7-8H2,1-2H3;3H,1,4H2,2H3. The Balaban J connectivity index is 0.000000232. The molecule has 1 aliphatic rings. The first-order chi connectivity index (χ1) is 17.1. The molecule has 198 valence electrons. The van der Waals surface area contributed by atoms with Gasteiger partial charge in [-0.2, -0.15) is 0 Å². The molecule has 0 radical (unpaired) electrons. The summed E-state index contributed by atoms with van der Waals surface area (Å²) in [4.78, 5) is 38.3. The van der Waals surface area contributed by atoms with Gasteiger partial charge in [0.05, 0.1) is 12.1 Å². The van der Waals surface area contributed by atoms with Crippen LogP contribution in [-0.2, 0) is 27.7 Å². The van der Waals surface area contributed by atoms with Gasteiger partial charge < -0.3 is 0 Å². The summed E-state index contributed by atoms with van der Waals surface area (Å²) in [6.07, 6.45) is 7.32. The second-order valence-electron chi connectivity index (χ2n) is 8.97. The molecule has 0 aliphatic heterocycles. The zero-order valence-corrected chi connectivity index (χ0v) is 27.1. The maximum atomic E-state index is 12.3. The molecule has 3 aromatic rings. The Labute approximate surface area is 235 Å². The predicted octanol–water partition coefficient (Wildman–Crippen LogP) is 7.53. The van der Waals surface area contributed by atoms with Crippen LogP contribution in [0.25, 0.3) is 10.2 Å². The van der Waals surface area contributed by atoms with Crippen molar-refractivity contribution in [3.05, 3.63) is 80.3 Å². The van der Waals surface area contributed by atoms with Gasteiger partial charge in [-0.25, -0.2) is 4.79 Å². The zero-order chi connectivity index (χ0) is 26.9. The van der Waals surface area contributed by atoms with Crippen LogP contribution in [0, 0.1) is 0 Å². The summed E-state index contributed by atoms with van der Waals surface area (Å²) in [5.74, 6) is -0.102. The minimum atomic E-state index is -0.774. The number of thiophene rings is 1. The molecular formula is C28H38I2N2O3S. The number of halogens is 2. The van der Waals surface area contributed by atoms with Crippen LogP contribution in [-0.4, -0.2) is 19.8 Å². The van der Waals surface area contributed by atoms with Gasteiger partial charge in [-0.05, 0) is 31.2 Å². The molecule has 1 aliphatic carbocycles. The van der Waals surface area contributed by atoms with Crippen molar-refractivity contribution in [2.24, 2.45) is 0 Å². The average molecular weight is 736 g/mol. The molecule has 2 aromatic heterocycles. The van der Waals surface area contributed by atoms with Crippen molar-refractivity contribution < 1.29 is 4.79 Å². The topological polar surface area (TPSA) is 61.1 Å². The van der Waals surface area contributed by atoms with E-state index in [0.717, 1.165) is 19.3 Å². The second kappa shape index (κ2) is 14.6. The van der Waals surface area contributed by atoms with E-state index in [1.54, 1.807) is 22.6 Å². The Bertz CT molecular complexity index is 1290. The number of carbonyl (C=O) groups is 1. The third kappa shape index (κ3) is 7.40. The van der Waals surface area contributed by atoms with Crippen molar-refractivity contribution in [2.75, 3.05) is 4.93 Å². The number of aromatic nitrogens is 2. The number of aryl methyl sites for hydroxylation is 1. The number of carbonyl (C=O) groups excluding carboxylic acids is 1. The van der Waals surface area contributed by atoms with E-state index in [1.807, 2.05) is 13.0 Å². The van der Waals surface area contributed by atoms with Crippen LogP contribution in [0.2, 0.25) is 0 Å². The SMILES string of the molecule is C=CCC.CCCCn1c(=O)c2sccc2n(CC(C)=O)c1=O.CI(I)C1(C)CCc2ccccc21. The summed E-state index contributed by atoms with van der Waals surface area (Å²) in [7, 11) is 0. The van der Waals surface area contributed by atoms with E-state index in [-0.39, 0.29) is 23.6 Å². The van der Waals surface area contributed by atoms with Crippen LogP contribution < -0.4 is 11.2 Å². The van der Waals surface area contributed by atoms with E-state index < -0.39 is 15.8 Å². The third-order valence-electron chi connectivity index (χ3n) is 6.26. The molecule has 4 rings (SSSR count). The van der Waals surface area contributed by atoms with E-state index in [9.17, 15) is 14.4 Å². The number of hydrogen-bond acceptors (Lipinski definition) is 4. The summed E-state index contributed by atoms with van der Waals surface area (Å²) in [6.45, 7) is 11.9. The molecular weight excluding hydrogens is 698 g/mol. The van der Waals surface area contributed by atoms with Crippen LogP contribution in [0.4, 0.5) is 0 Å². The maximum absolute atomic E-state index is 12.3. The van der Waals surface area contributed by atoms with E-state index in [2.05, 4.69) is 68.2 Å². The number of nitrogens with zero attached hydrogens (tertiary/aromatic N) is 2. The molecule has 0 fully saturated rings. The van der Waals surface area contributed by atoms with Crippen molar-refractivity contribution in [1.82, 2.24) is 9.13 Å². The summed E-state index contributed by atoms with van der Waals surface area (Å²) in [5, 5.41) is 1.77. The van der Waals surface area contributed by atoms with Crippen molar-refractivity contribution in [2.45, 2.75) is 76.3 Å². The fourth-order valence-electron chi connectivity index (χ4n) is 4.04. The van der Waals surface area contributed by atoms with Crippen molar-refractivity contribution in [3.63, 3.8) is 0 Å². The third-order valence-corrected chi connectivity index (χ3v) is 17.6. The number of alkyl halides is 2. The first-order valence-electron chi connectivity index (χ1n) is 12.3. The summed E-state index contributed by atoms with van der Waals surface area (Å²) >= 11 is 3.25. The van der Waals surface area contributed by atoms with E-state index in [1.165, 1.54) is 40.2 Å². The molecule has 5 nitrogen and oxygen atoms in total. The monoisotopic (exact) mass is 736 g/mol. The normalized spacial score (nSPS) is 16.3. The Morgan fingerprint density at radius 2 is 1.89 bits per heavy atom. The predicted molar refractivity (Wildman–Crippen MR) is 173 cm³/mol. The molecule has 0 saturated heterocycles. The number of ketones is 1. The fourth-order valence-corrected chi connectivity index (χ4v) is 10.1. The Morgan fingerprint density at radius 1 is 1.22 bits per heavy atom. The van der Waals surface area contributed by atoms with Gasteiger partial charge in [0.2, 0.25) is 0 Å².